The Morgan fingerprint density at radius 1 is 1.06 bits per heavy atom. The van der Waals surface area contributed by atoms with E-state index in [1.165, 1.54) is 37.7 Å². The number of allylic oxidation sites excluding steroid dienone is 1. The van der Waals surface area contributed by atoms with Crippen LogP contribution in [0, 0.1) is 5.92 Å². The highest BCUT2D eigenvalue weighted by atomic mass is 16.1. The maximum absolute atomic E-state index is 11.8. The smallest absolute Gasteiger partial charge is 0.252 e. The molecule has 94 valence electrons. The van der Waals surface area contributed by atoms with Gasteiger partial charge in [-0.15, -0.1) is 0 Å². The lowest BCUT2D eigenvalue weighted by atomic mass is 9.85. The van der Waals surface area contributed by atoms with E-state index in [0.717, 1.165) is 11.1 Å². The van der Waals surface area contributed by atoms with Gasteiger partial charge in [-0.05, 0) is 36.0 Å². The molecular weight excluding hydrogens is 222 g/mol. The molecule has 1 fully saturated rings. The summed E-state index contributed by atoms with van der Waals surface area (Å²) in [5.74, 6) is 0.767. The minimum absolute atomic E-state index is 0.0615. The molecule has 0 atom stereocenters. The molecule has 2 aliphatic rings. The van der Waals surface area contributed by atoms with E-state index in [2.05, 4.69) is 17.5 Å². The fraction of sp³-hybridized carbons (Fsp3) is 0.438. The van der Waals surface area contributed by atoms with Crippen molar-refractivity contribution in [3.05, 3.63) is 41.5 Å². The van der Waals surface area contributed by atoms with E-state index in [4.69, 9.17) is 0 Å². The van der Waals surface area contributed by atoms with Gasteiger partial charge in [-0.25, -0.2) is 0 Å². The first-order valence-corrected chi connectivity index (χ1v) is 6.93. The Morgan fingerprint density at radius 2 is 1.78 bits per heavy atom. The highest BCUT2D eigenvalue weighted by molar-refractivity contribution is 6.02. The first-order chi connectivity index (χ1) is 8.84. The topological polar surface area (TPSA) is 29.1 Å². The molecule has 3 rings (SSSR count). The minimum atomic E-state index is 0.0615. The number of hydrogen-bond donors (Lipinski definition) is 1. The number of carbonyl (C=O) groups is 1. The van der Waals surface area contributed by atoms with Gasteiger partial charge < -0.3 is 5.32 Å². The van der Waals surface area contributed by atoms with Gasteiger partial charge in [0.2, 0.25) is 0 Å². The summed E-state index contributed by atoms with van der Waals surface area (Å²) in [7, 11) is 0. The SMILES string of the molecule is O=C1NC/C(=C\C2CCCCC2)c2ccccc21. The Labute approximate surface area is 108 Å². The van der Waals surface area contributed by atoms with Crippen molar-refractivity contribution >= 4 is 11.5 Å². The summed E-state index contributed by atoms with van der Waals surface area (Å²) >= 11 is 0. The second-order valence-electron chi connectivity index (χ2n) is 5.32. The molecule has 0 radical (unpaired) electrons. The summed E-state index contributed by atoms with van der Waals surface area (Å²) in [5, 5.41) is 2.97. The largest absolute Gasteiger partial charge is 0.348 e. The molecule has 1 aromatic carbocycles. The van der Waals surface area contributed by atoms with E-state index in [-0.39, 0.29) is 5.91 Å². The molecule has 0 saturated heterocycles. The molecule has 2 nitrogen and oxygen atoms in total. The van der Waals surface area contributed by atoms with Gasteiger partial charge in [0.15, 0.2) is 0 Å². The molecule has 1 saturated carbocycles. The number of amides is 1. The van der Waals surface area contributed by atoms with Crippen molar-refractivity contribution in [1.29, 1.82) is 0 Å². The van der Waals surface area contributed by atoms with Gasteiger partial charge in [-0.1, -0.05) is 43.5 Å². The van der Waals surface area contributed by atoms with Gasteiger partial charge >= 0.3 is 0 Å². The van der Waals surface area contributed by atoms with Crippen molar-refractivity contribution in [2.45, 2.75) is 32.1 Å². The Bertz CT molecular complexity index is 484. The number of rotatable bonds is 1. The van der Waals surface area contributed by atoms with Crippen LogP contribution in [0.3, 0.4) is 0 Å². The van der Waals surface area contributed by atoms with Gasteiger partial charge in [-0.2, -0.15) is 0 Å². The normalized spacial score (nSPS) is 22.7. The quantitative estimate of drug-likeness (QED) is 0.802. The Kier molecular flexibility index (Phi) is 3.18. The van der Waals surface area contributed by atoms with Gasteiger partial charge in [0.25, 0.3) is 5.91 Å². The summed E-state index contributed by atoms with van der Waals surface area (Å²) < 4.78 is 0. The monoisotopic (exact) mass is 241 g/mol. The zero-order chi connectivity index (χ0) is 12.4. The number of fused-ring (bicyclic) bond motifs is 1. The summed E-state index contributed by atoms with van der Waals surface area (Å²) in [5.41, 5.74) is 3.26. The zero-order valence-electron chi connectivity index (χ0n) is 10.6. The molecule has 1 heterocycles. The molecule has 1 aliphatic heterocycles. The molecule has 0 aromatic heterocycles. The predicted octanol–water partition coefficient (Wildman–Crippen LogP) is 3.39. The third-order valence-electron chi connectivity index (χ3n) is 4.04. The maximum atomic E-state index is 11.8. The van der Waals surface area contributed by atoms with Crippen LogP contribution in [-0.4, -0.2) is 12.5 Å². The van der Waals surface area contributed by atoms with Crippen molar-refractivity contribution in [1.82, 2.24) is 5.32 Å². The third kappa shape index (κ3) is 2.20. The third-order valence-corrected chi connectivity index (χ3v) is 4.04. The fourth-order valence-corrected chi connectivity index (χ4v) is 3.06. The average Bonchev–Trinajstić information content (AvgIpc) is 2.44. The van der Waals surface area contributed by atoms with Crippen LogP contribution >= 0.6 is 0 Å². The predicted molar refractivity (Wildman–Crippen MR) is 73.3 cm³/mol. The molecular formula is C16H19NO. The van der Waals surface area contributed by atoms with E-state index < -0.39 is 0 Å². The number of carbonyl (C=O) groups excluding carboxylic acids is 1. The summed E-state index contributed by atoms with van der Waals surface area (Å²) in [6, 6.07) is 7.94. The maximum Gasteiger partial charge on any atom is 0.252 e. The van der Waals surface area contributed by atoms with Crippen molar-refractivity contribution in [2.24, 2.45) is 5.92 Å². The number of hydrogen-bond acceptors (Lipinski definition) is 1. The van der Waals surface area contributed by atoms with E-state index in [9.17, 15) is 4.79 Å². The lowest BCUT2D eigenvalue weighted by molar-refractivity contribution is 0.0955. The summed E-state index contributed by atoms with van der Waals surface area (Å²) in [6.07, 6.45) is 9.09. The number of nitrogens with one attached hydrogen (secondary N) is 1. The Morgan fingerprint density at radius 3 is 2.56 bits per heavy atom. The molecule has 1 amide bonds. The second kappa shape index (κ2) is 4.97. The molecule has 0 spiro atoms. The van der Waals surface area contributed by atoms with Gasteiger partial charge in [0, 0.05) is 12.1 Å². The fourth-order valence-electron chi connectivity index (χ4n) is 3.06. The average molecular weight is 241 g/mol. The lowest BCUT2D eigenvalue weighted by Crippen LogP contribution is -2.31. The van der Waals surface area contributed by atoms with E-state index in [1.807, 2.05) is 18.2 Å². The van der Waals surface area contributed by atoms with Gasteiger partial charge in [0.1, 0.15) is 0 Å². The van der Waals surface area contributed by atoms with Crippen molar-refractivity contribution < 1.29 is 4.79 Å². The van der Waals surface area contributed by atoms with Crippen molar-refractivity contribution in [2.75, 3.05) is 6.54 Å². The van der Waals surface area contributed by atoms with E-state index in [1.54, 1.807) is 0 Å². The molecule has 1 aromatic rings. The molecule has 1 N–H and O–H groups in total. The number of benzene rings is 1. The van der Waals surface area contributed by atoms with Crippen LogP contribution in [0.2, 0.25) is 0 Å². The minimum Gasteiger partial charge on any atom is -0.348 e. The van der Waals surface area contributed by atoms with Crippen LogP contribution in [-0.2, 0) is 0 Å². The molecule has 18 heavy (non-hydrogen) atoms. The zero-order valence-corrected chi connectivity index (χ0v) is 10.6. The highest BCUT2D eigenvalue weighted by Gasteiger charge is 2.21. The Hall–Kier alpha value is -1.57. The first kappa shape index (κ1) is 11.5. The molecule has 0 unspecified atom stereocenters. The van der Waals surface area contributed by atoms with Crippen LogP contribution in [0.25, 0.3) is 5.57 Å². The van der Waals surface area contributed by atoms with Gasteiger partial charge in [0.05, 0.1) is 0 Å². The van der Waals surface area contributed by atoms with Crippen LogP contribution < -0.4 is 5.32 Å². The summed E-state index contributed by atoms with van der Waals surface area (Å²) in [6.45, 7) is 0.687. The second-order valence-corrected chi connectivity index (χ2v) is 5.32. The van der Waals surface area contributed by atoms with Gasteiger partial charge in [-0.3, -0.25) is 4.79 Å². The van der Waals surface area contributed by atoms with Crippen LogP contribution in [0.1, 0.15) is 48.0 Å². The highest BCUT2D eigenvalue weighted by Crippen LogP contribution is 2.30. The molecule has 1 aliphatic carbocycles. The van der Waals surface area contributed by atoms with E-state index >= 15 is 0 Å². The van der Waals surface area contributed by atoms with Crippen LogP contribution in [0.5, 0.6) is 0 Å². The van der Waals surface area contributed by atoms with Crippen molar-refractivity contribution in [3.8, 4) is 0 Å². The molecule has 0 bridgehead atoms. The first-order valence-electron chi connectivity index (χ1n) is 6.93. The van der Waals surface area contributed by atoms with Crippen LogP contribution in [0.15, 0.2) is 30.3 Å². The molecule has 2 heteroatoms. The lowest BCUT2D eigenvalue weighted by Gasteiger charge is -2.23. The standard InChI is InChI=1S/C16H19NO/c18-16-15-9-5-4-8-14(15)13(11-17-16)10-12-6-2-1-3-7-12/h4-5,8-10,12H,1-3,6-7,11H2,(H,17,18)/b13-10+. The van der Waals surface area contributed by atoms with E-state index in [0.29, 0.717) is 12.5 Å². The van der Waals surface area contributed by atoms with Crippen molar-refractivity contribution in [3.63, 3.8) is 0 Å². The Balaban J connectivity index is 1.91. The summed E-state index contributed by atoms with van der Waals surface area (Å²) in [4.78, 5) is 11.8. The van der Waals surface area contributed by atoms with Crippen LogP contribution in [0.4, 0.5) is 0 Å².